The monoisotopic (exact) mass is 326 g/mol. The number of rotatable bonds is 0. The minimum absolute atomic E-state index is 0.251. The highest BCUT2D eigenvalue weighted by Crippen LogP contribution is 2.39. The molecule has 5 aromatic carbocycles. The van der Waals surface area contributed by atoms with Crippen LogP contribution in [0.25, 0.3) is 43.1 Å². The van der Waals surface area contributed by atoms with Crippen LogP contribution in [0.2, 0.25) is 0 Å². The summed E-state index contributed by atoms with van der Waals surface area (Å²) in [4.78, 5) is 0.605. The normalized spacial score (nSPS) is 11.7. The molecule has 0 saturated carbocycles. The maximum Gasteiger partial charge on any atom is 0.137 e. The minimum Gasteiger partial charge on any atom is -0.506 e. The third-order valence-electron chi connectivity index (χ3n) is 4.86. The van der Waals surface area contributed by atoms with E-state index in [9.17, 15) is 5.11 Å². The summed E-state index contributed by atoms with van der Waals surface area (Å²) in [6.07, 6.45) is 0. The van der Waals surface area contributed by atoms with Crippen LogP contribution in [-0.2, 0) is 0 Å². The van der Waals surface area contributed by atoms with Crippen LogP contribution in [0.15, 0.2) is 77.7 Å². The molecule has 0 bridgehead atoms. The van der Waals surface area contributed by atoms with Gasteiger partial charge in [-0.25, -0.2) is 0 Å². The molecule has 2 heteroatoms. The molecule has 0 atom stereocenters. The van der Waals surface area contributed by atoms with Crippen LogP contribution in [0, 0.1) is 0 Å². The van der Waals surface area contributed by atoms with Gasteiger partial charge in [0.2, 0.25) is 0 Å². The Morgan fingerprint density at radius 1 is 0.542 bits per heavy atom. The molecule has 5 rings (SSSR count). The fourth-order valence-electron chi connectivity index (χ4n) is 3.70. The van der Waals surface area contributed by atoms with Gasteiger partial charge in [0.05, 0.1) is 0 Å². The van der Waals surface area contributed by atoms with Gasteiger partial charge in [0.15, 0.2) is 0 Å². The van der Waals surface area contributed by atoms with Crippen molar-refractivity contribution in [3.05, 3.63) is 72.8 Å². The summed E-state index contributed by atoms with van der Waals surface area (Å²) >= 11 is 4.37. The summed E-state index contributed by atoms with van der Waals surface area (Å²) in [5.74, 6) is 0.251. The van der Waals surface area contributed by atoms with Gasteiger partial charge in [-0.2, -0.15) is 0 Å². The maximum absolute atomic E-state index is 10.5. The maximum atomic E-state index is 10.5. The summed E-state index contributed by atoms with van der Waals surface area (Å²) in [5.41, 5.74) is 0. The molecular weight excluding hydrogens is 312 g/mol. The van der Waals surface area contributed by atoms with Gasteiger partial charge < -0.3 is 5.11 Å². The highest BCUT2D eigenvalue weighted by atomic mass is 32.1. The fourth-order valence-corrected chi connectivity index (χ4v) is 3.89. The second-order valence-corrected chi connectivity index (χ2v) is 6.62. The molecule has 5 aromatic rings. The molecule has 1 nitrogen and oxygen atoms in total. The Morgan fingerprint density at radius 3 is 2.00 bits per heavy atom. The van der Waals surface area contributed by atoms with E-state index in [1.165, 1.54) is 21.5 Å². The molecule has 0 aliphatic heterocycles. The molecule has 0 unspecified atom stereocenters. The lowest BCUT2D eigenvalue weighted by atomic mass is 9.94. The van der Waals surface area contributed by atoms with E-state index >= 15 is 0 Å². The topological polar surface area (TPSA) is 20.2 Å². The largest absolute Gasteiger partial charge is 0.506 e. The molecule has 0 amide bonds. The number of hydrogen-bond acceptors (Lipinski definition) is 2. The van der Waals surface area contributed by atoms with Crippen molar-refractivity contribution in [3.8, 4) is 5.75 Å². The van der Waals surface area contributed by atoms with Gasteiger partial charge >= 0.3 is 0 Å². The molecule has 24 heavy (non-hydrogen) atoms. The number of fused-ring (bicyclic) bond motifs is 7. The first-order valence-corrected chi connectivity index (χ1v) is 8.36. The van der Waals surface area contributed by atoms with E-state index < -0.39 is 0 Å². The molecular formula is C22H14OS. The molecule has 0 spiro atoms. The van der Waals surface area contributed by atoms with E-state index in [1.807, 2.05) is 12.1 Å². The van der Waals surface area contributed by atoms with Crippen LogP contribution < -0.4 is 0 Å². The predicted octanol–water partition coefficient (Wildman–Crippen LogP) is 6.29. The van der Waals surface area contributed by atoms with E-state index in [-0.39, 0.29) is 5.75 Å². The molecule has 0 fully saturated rings. The van der Waals surface area contributed by atoms with Crippen molar-refractivity contribution in [1.29, 1.82) is 0 Å². The van der Waals surface area contributed by atoms with Gasteiger partial charge in [-0.05, 0) is 43.8 Å². The van der Waals surface area contributed by atoms with Crippen molar-refractivity contribution in [1.82, 2.24) is 0 Å². The second kappa shape index (κ2) is 4.89. The van der Waals surface area contributed by atoms with Gasteiger partial charge in [0.25, 0.3) is 0 Å². The Bertz CT molecular complexity index is 1270. The Labute approximate surface area is 144 Å². The van der Waals surface area contributed by atoms with Crippen LogP contribution in [0.1, 0.15) is 0 Å². The molecule has 0 aromatic heterocycles. The van der Waals surface area contributed by atoms with E-state index in [0.29, 0.717) is 4.90 Å². The number of phenolic OH excluding ortho intramolecular Hbond substituents is 1. The zero-order valence-corrected chi connectivity index (χ0v) is 13.7. The first kappa shape index (κ1) is 13.7. The van der Waals surface area contributed by atoms with Crippen LogP contribution >= 0.6 is 12.6 Å². The Morgan fingerprint density at radius 2 is 1.12 bits per heavy atom. The highest BCUT2D eigenvalue weighted by molar-refractivity contribution is 7.80. The third kappa shape index (κ3) is 1.78. The van der Waals surface area contributed by atoms with Gasteiger partial charge in [-0.3, -0.25) is 0 Å². The number of phenols is 1. The minimum atomic E-state index is 0.251. The summed E-state index contributed by atoms with van der Waals surface area (Å²) in [5, 5.41) is 19.6. The zero-order valence-electron chi connectivity index (χ0n) is 12.8. The molecule has 0 saturated heterocycles. The smallest absolute Gasteiger partial charge is 0.137 e. The predicted molar refractivity (Wildman–Crippen MR) is 105 cm³/mol. The lowest BCUT2D eigenvalue weighted by Crippen LogP contribution is -1.84. The summed E-state index contributed by atoms with van der Waals surface area (Å²) < 4.78 is 0. The zero-order chi connectivity index (χ0) is 16.3. The van der Waals surface area contributed by atoms with Crippen molar-refractivity contribution >= 4 is 55.7 Å². The second-order valence-electron chi connectivity index (χ2n) is 6.14. The van der Waals surface area contributed by atoms with E-state index in [4.69, 9.17) is 0 Å². The SMILES string of the molecule is Oc1c(S)ccc2ccc3c4ccc5ccccc5c4ccc3c12. The summed E-state index contributed by atoms with van der Waals surface area (Å²) in [6, 6.07) is 25.1. The van der Waals surface area contributed by atoms with Gasteiger partial charge in [0.1, 0.15) is 5.75 Å². The van der Waals surface area contributed by atoms with Crippen molar-refractivity contribution < 1.29 is 5.11 Å². The first-order chi connectivity index (χ1) is 11.7. The molecule has 0 aliphatic carbocycles. The van der Waals surface area contributed by atoms with E-state index in [1.54, 1.807) is 0 Å². The molecule has 0 radical (unpaired) electrons. The number of aromatic hydroxyl groups is 1. The quantitative estimate of drug-likeness (QED) is 0.253. The highest BCUT2D eigenvalue weighted by Gasteiger charge is 2.11. The first-order valence-electron chi connectivity index (χ1n) is 7.92. The van der Waals surface area contributed by atoms with Crippen LogP contribution in [-0.4, -0.2) is 5.11 Å². The van der Waals surface area contributed by atoms with Crippen LogP contribution in [0.4, 0.5) is 0 Å². The average Bonchev–Trinajstić information content (AvgIpc) is 2.63. The van der Waals surface area contributed by atoms with Crippen molar-refractivity contribution in [2.45, 2.75) is 4.90 Å². The van der Waals surface area contributed by atoms with Crippen molar-refractivity contribution in [2.24, 2.45) is 0 Å². The molecule has 114 valence electrons. The molecule has 0 aliphatic rings. The van der Waals surface area contributed by atoms with Gasteiger partial charge in [-0.1, -0.05) is 66.7 Å². The number of benzene rings is 5. The number of thiol groups is 1. The Kier molecular flexibility index (Phi) is 2.79. The van der Waals surface area contributed by atoms with Crippen LogP contribution in [0.3, 0.4) is 0 Å². The summed E-state index contributed by atoms with van der Waals surface area (Å²) in [6.45, 7) is 0. The third-order valence-corrected chi connectivity index (χ3v) is 5.22. The lowest BCUT2D eigenvalue weighted by Gasteiger charge is -2.11. The van der Waals surface area contributed by atoms with Gasteiger partial charge in [-0.15, -0.1) is 12.6 Å². The standard InChI is InChI=1S/C22H14OS/c23-22-20(24)12-7-14-6-9-18-17-8-5-13-3-1-2-4-15(13)16(17)10-11-19(18)21(14)22/h1-12,23-24H. The average molecular weight is 326 g/mol. The van der Waals surface area contributed by atoms with Crippen molar-refractivity contribution in [3.63, 3.8) is 0 Å². The number of hydrogen-bond donors (Lipinski definition) is 2. The van der Waals surface area contributed by atoms with Crippen molar-refractivity contribution in [2.75, 3.05) is 0 Å². The fraction of sp³-hybridized carbons (Fsp3) is 0. The Hall–Kier alpha value is -2.71. The Balaban J connectivity index is 2.04. The lowest BCUT2D eigenvalue weighted by molar-refractivity contribution is 0.470. The van der Waals surface area contributed by atoms with E-state index in [0.717, 1.165) is 21.5 Å². The van der Waals surface area contributed by atoms with E-state index in [2.05, 4.69) is 73.3 Å². The summed E-state index contributed by atoms with van der Waals surface area (Å²) in [7, 11) is 0. The van der Waals surface area contributed by atoms with Crippen LogP contribution in [0.5, 0.6) is 5.75 Å². The molecule has 1 N–H and O–H groups in total. The molecule has 0 heterocycles. The van der Waals surface area contributed by atoms with Gasteiger partial charge in [0, 0.05) is 10.3 Å².